The van der Waals surface area contributed by atoms with Crippen LogP contribution in [0.3, 0.4) is 0 Å². The third-order valence-corrected chi connectivity index (χ3v) is 10.2. The molecule has 37 heavy (non-hydrogen) atoms. The highest BCUT2D eigenvalue weighted by molar-refractivity contribution is 5.89. The van der Waals surface area contributed by atoms with Gasteiger partial charge in [-0.2, -0.15) is 0 Å². The molecule has 0 aromatic carbocycles. The number of fused-ring (bicyclic) bond motifs is 3. The van der Waals surface area contributed by atoms with Gasteiger partial charge in [0.2, 0.25) is 0 Å². The van der Waals surface area contributed by atoms with Crippen LogP contribution in [-0.2, 0) is 33.3 Å². The largest absolute Gasteiger partial charge is 0.459 e. The van der Waals surface area contributed by atoms with Crippen LogP contribution in [0.4, 0.5) is 0 Å². The second kappa shape index (κ2) is 8.77. The Labute approximate surface area is 221 Å². The lowest BCUT2D eigenvalue weighted by atomic mass is 9.42. The maximum absolute atomic E-state index is 13.9. The van der Waals surface area contributed by atoms with Crippen LogP contribution < -0.4 is 0 Å². The van der Waals surface area contributed by atoms with Crippen LogP contribution in [0.2, 0.25) is 0 Å². The Morgan fingerprint density at radius 1 is 1.03 bits per heavy atom. The quantitative estimate of drug-likeness (QED) is 0.217. The van der Waals surface area contributed by atoms with E-state index in [1.54, 1.807) is 13.0 Å². The van der Waals surface area contributed by atoms with Crippen molar-refractivity contribution in [3.05, 3.63) is 24.3 Å². The number of Topliss-reactive ketones (excluding diaryl/α,β-unsaturated/α-hetero) is 1. The Kier molecular flexibility index (Phi) is 6.64. The molecule has 0 amide bonds. The molecule has 0 radical (unpaired) electrons. The highest BCUT2D eigenvalue weighted by Crippen LogP contribution is 2.66. The summed E-state index contributed by atoms with van der Waals surface area (Å²) in [6, 6.07) is 0. The molecule has 4 aliphatic rings. The Hall–Kier alpha value is -1.99. The van der Waals surface area contributed by atoms with Gasteiger partial charge in [0.15, 0.2) is 11.4 Å². The number of ether oxygens (including phenoxy) is 4. The molecule has 2 saturated heterocycles. The molecule has 4 fully saturated rings. The van der Waals surface area contributed by atoms with Crippen molar-refractivity contribution in [3.8, 4) is 0 Å². The van der Waals surface area contributed by atoms with E-state index in [2.05, 4.69) is 27.4 Å². The van der Waals surface area contributed by atoms with Gasteiger partial charge < -0.3 is 18.9 Å². The standard InChI is InChI=1S/C30H44O7/c1-11-27(7)13-12-19-28(8)20(15-21(31)30(19,10)37-27)26(5,6)22(35-25(33)29(9)18(4)36-29)16-23(28)34-24(32)14-17(2)3/h11,14,18-20,22-23H,1,12-13,15-16H2,2-10H3. The maximum atomic E-state index is 13.9. The summed E-state index contributed by atoms with van der Waals surface area (Å²) in [5, 5.41) is 0. The summed E-state index contributed by atoms with van der Waals surface area (Å²) in [4.78, 5) is 39.9. The van der Waals surface area contributed by atoms with E-state index >= 15 is 0 Å². The Balaban J connectivity index is 1.76. The van der Waals surface area contributed by atoms with Crippen molar-refractivity contribution in [1.29, 1.82) is 0 Å². The first-order valence-corrected chi connectivity index (χ1v) is 13.6. The number of esters is 2. The van der Waals surface area contributed by atoms with E-state index < -0.39 is 51.8 Å². The number of carbonyl (C=O) groups is 3. The first-order valence-electron chi connectivity index (χ1n) is 13.6. The Morgan fingerprint density at radius 2 is 1.65 bits per heavy atom. The molecule has 0 aromatic heterocycles. The number of hydrogen-bond donors (Lipinski definition) is 0. The number of ketones is 1. The van der Waals surface area contributed by atoms with Gasteiger partial charge in [0.05, 0.1) is 11.7 Å². The van der Waals surface area contributed by atoms with Crippen LogP contribution in [0.5, 0.6) is 0 Å². The van der Waals surface area contributed by atoms with Crippen LogP contribution in [0, 0.1) is 22.7 Å². The lowest BCUT2D eigenvalue weighted by Crippen LogP contribution is -2.72. The Morgan fingerprint density at radius 3 is 2.19 bits per heavy atom. The molecule has 7 heteroatoms. The summed E-state index contributed by atoms with van der Waals surface area (Å²) < 4.78 is 24.4. The highest BCUT2D eigenvalue weighted by atomic mass is 16.7. The summed E-state index contributed by atoms with van der Waals surface area (Å²) in [7, 11) is 0. The molecule has 0 N–H and O–H groups in total. The summed E-state index contributed by atoms with van der Waals surface area (Å²) in [6.45, 7) is 21.3. The van der Waals surface area contributed by atoms with Crippen molar-refractivity contribution in [2.75, 3.05) is 0 Å². The minimum absolute atomic E-state index is 0.0355. The highest BCUT2D eigenvalue weighted by Gasteiger charge is 2.71. The molecule has 2 aliphatic carbocycles. The molecule has 7 nitrogen and oxygen atoms in total. The van der Waals surface area contributed by atoms with Crippen molar-refractivity contribution in [1.82, 2.24) is 0 Å². The van der Waals surface area contributed by atoms with Gasteiger partial charge in [-0.1, -0.05) is 32.4 Å². The summed E-state index contributed by atoms with van der Waals surface area (Å²) in [5.41, 5.74) is -2.87. The third kappa shape index (κ3) is 4.30. The predicted molar refractivity (Wildman–Crippen MR) is 139 cm³/mol. The molecule has 206 valence electrons. The SMILES string of the molecule is C=CC1(C)CCC2C(C)(O1)C(=O)CC1C(C)(C)C(OC(=O)C3(C)OC3C)CC(OC(=O)C=C(C)C)C21C. The van der Waals surface area contributed by atoms with Crippen molar-refractivity contribution in [2.45, 2.75) is 123 Å². The molecule has 9 unspecified atom stereocenters. The van der Waals surface area contributed by atoms with E-state index in [9.17, 15) is 14.4 Å². The van der Waals surface area contributed by atoms with E-state index in [4.69, 9.17) is 18.9 Å². The smallest absolute Gasteiger partial charge is 0.341 e. The zero-order valence-corrected chi connectivity index (χ0v) is 23.9. The number of allylic oxidation sites excluding steroid dienone is 1. The molecular formula is C30H44O7. The van der Waals surface area contributed by atoms with Gasteiger partial charge in [0, 0.05) is 35.7 Å². The minimum Gasteiger partial charge on any atom is -0.459 e. The van der Waals surface area contributed by atoms with Crippen molar-refractivity contribution < 1.29 is 33.3 Å². The lowest BCUT2D eigenvalue weighted by molar-refractivity contribution is -0.274. The average Bonchev–Trinajstić information content (AvgIpc) is 3.40. The van der Waals surface area contributed by atoms with E-state index in [1.807, 2.05) is 34.6 Å². The first kappa shape index (κ1) is 28.0. The fourth-order valence-electron chi connectivity index (χ4n) is 7.53. The van der Waals surface area contributed by atoms with Gasteiger partial charge in [-0.25, -0.2) is 9.59 Å². The van der Waals surface area contributed by atoms with Gasteiger partial charge in [0.25, 0.3) is 0 Å². The number of epoxide rings is 1. The summed E-state index contributed by atoms with van der Waals surface area (Å²) >= 11 is 0. The number of rotatable bonds is 5. The molecule has 4 rings (SSSR count). The monoisotopic (exact) mass is 516 g/mol. The molecule has 2 saturated carbocycles. The van der Waals surface area contributed by atoms with Gasteiger partial charge in [-0.15, -0.1) is 6.58 Å². The van der Waals surface area contributed by atoms with Crippen LogP contribution >= 0.6 is 0 Å². The van der Waals surface area contributed by atoms with Crippen LogP contribution in [0.1, 0.15) is 88.0 Å². The molecule has 0 aromatic rings. The molecule has 2 aliphatic heterocycles. The van der Waals surface area contributed by atoms with Crippen molar-refractivity contribution >= 4 is 17.7 Å². The first-order chi connectivity index (χ1) is 16.9. The van der Waals surface area contributed by atoms with Gasteiger partial charge in [-0.3, -0.25) is 4.79 Å². The molecule has 9 atom stereocenters. The predicted octanol–water partition coefficient (Wildman–Crippen LogP) is 5.11. The van der Waals surface area contributed by atoms with E-state index in [0.29, 0.717) is 12.8 Å². The van der Waals surface area contributed by atoms with Gasteiger partial charge in [0.1, 0.15) is 17.8 Å². The zero-order valence-electron chi connectivity index (χ0n) is 23.9. The Bertz CT molecular complexity index is 1040. The second-order valence-electron chi connectivity index (χ2n) is 13.3. The molecular weight excluding hydrogens is 472 g/mol. The van der Waals surface area contributed by atoms with Gasteiger partial charge >= 0.3 is 11.9 Å². The van der Waals surface area contributed by atoms with E-state index in [0.717, 1.165) is 12.0 Å². The fraction of sp³-hybridized carbons (Fsp3) is 0.767. The average molecular weight is 517 g/mol. The number of carbonyl (C=O) groups excluding carboxylic acids is 3. The summed E-state index contributed by atoms with van der Waals surface area (Å²) in [5.74, 6) is -1.17. The number of hydrogen-bond acceptors (Lipinski definition) is 7. The van der Waals surface area contributed by atoms with E-state index in [-0.39, 0.29) is 30.1 Å². The van der Waals surface area contributed by atoms with Crippen LogP contribution in [0.25, 0.3) is 0 Å². The topological polar surface area (TPSA) is 91.4 Å². The lowest BCUT2D eigenvalue weighted by Gasteiger charge is -2.66. The molecule has 0 spiro atoms. The normalized spacial score (nSPS) is 46.1. The molecule has 0 bridgehead atoms. The van der Waals surface area contributed by atoms with Gasteiger partial charge in [-0.05, 0) is 60.3 Å². The summed E-state index contributed by atoms with van der Waals surface area (Å²) in [6.07, 6.45) is 3.99. The fourth-order valence-corrected chi connectivity index (χ4v) is 7.53. The van der Waals surface area contributed by atoms with E-state index in [1.165, 1.54) is 6.08 Å². The molecule has 2 heterocycles. The second-order valence-corrected chi connectivity index (χ2v) is 13.3. The third-order valence-electron chi connectivity index (χ3n) is 10.2. The van der Waals surface area contributed by atoms with Crippen LogP contribution in [0.15, 0.2) is 24.3 Å². The van der Waals surface area contributed by atoms with Crippen molar-refractivity contribution in [2.24, 2.45) is 22.7 Å². The van der Waals surface area contributed by atoms with Crippen molar-refractivity contribution in [3.63, 3.8) is 0 Å². The minimum atomic E-state index is -1.03. The van der Waals surface area contributed by atoms with Crippen LogP contribution in [-0.4, -0.2) is 52.8 Å². The maximum Gasteiger partial charge on any atom is 0.341 e. The zero-order chi connectivity index (χ0) is 27.8.